The van der Waals surface area contributed by atoms with Gasteiger partial charge in [-0.25, -0.2) is 0 Å². The molecule has 0 bridgehead atoms. The zero-order chi connectivity index (χ0) is 37.9. The zero-order valence-corrected chi connectivity index (χ0v) is 31.2. The number of rotatable bonds is 4. The number of benzene rings is 9. The summed E-state index contributed by atoms with van der Waals surface area (Å²) in [5.74, 6) is 0. The molecule has 0 unspecified atom stereocenters. The van der Waals surface area contributed by atoms with Crippen molar-refractivity contribution in [2.24, 2.45) is 0 Å². The molecule has 4 aromatic heterocycles. The molecule has 13 aromatic rings. The average Bonchev–Trinajstić information content (AvgIpc) is 4.02. The fraction of sp³-hybridized carbons (Fsp3) is 0. The first-order chi connectivity index (χ1) is 28.7. The van der Waals surface area contributed by atoms with Gasteiger partial charge in [-0.1, -0.05) is 109 Å². The van der Waals surface area contributed by atoms with Crippen molar-refractivity contribution >= 4 is 87.5 Å². The lowest BCUT2D eigenvalue weighted by Gasteiger charge is -2.11. The van der Waals surface area contributed by atoms with E-state index in [1.165, 1.54) is 60.4 Å². The average molecular weight is 741 g/mol. The normalized spacial score (nSPS) is 12.1. The molecular weight excluding hydrogens is 709 g/mol. The Bertz CT molecular complexity index is 3780. The molecule has 0 saturated heterocycles. The third-order valence-corrected chi connectivity index (χ3v) is 12.1. The van der Waals surface area contributed by atoms with Crippen LogP contribution < -0.4 is 0 Å². The summed E-state index contributed by atoms with van der Waals surface area (Å²) in [4.78, 5) is 0. The Kier molecular flexibility index (Phi) is 6.41. The molecule has 0 amide bonds. The van der Waals surface area contributed by atoms with E-state index in [4.69, 9.17) is 8.83 Å². The largest absolute Gasteiger partial charge is 0.456 e. The Morgan fingerprint density at radius 3 is 1.48 bits per heavy atom. The lowest BCUT2D eigenvalue weighted by atomic mass is 10.0. The number of para-hydroxylation sites is 4. The highest BCUT2D eigenvalue weighted by atomic mass is 16.3. The number of furan rings is 2. The quantitative estimate of drug-likeness (QED) is 0.180. The highest BCUT2D eigenvalue weighted by Gasteiger charge is 2.18. The van der Waals surface area contributed by atoms with Gasteiger partial charge in [-0.05, 0) is 107 Å². The van der Waals surface area contributed by atoms with Crippen molar-refractivity contribution in [3.05, 3.63) is 194 Å². The summed E-state index contributed by atoms with van der Waals surface area (Å²) in [5.41, 5.74) is 15.2. The predicted octanol–water partition coefficient (Wildman–Crippen LogP) is 15.0. The maximum Gasteiger partial charge on any atom is 0.136 e. The number of fused-ring (bicyclic) bond motifs is 12. The maximum absolute atomic E-state index is 6.37. The molecule has 0 radical (unpaired) electrons. The van der Waals surface area contributed by atoms with E-state index in [0.717, 1.165) is 60.7 Å². The molecule has 0 atom stereocenters. The number of hydrogen-bond donors (Lipinski definition) is 0. The van der Waals surface area contributed by atoms with Crippen molar-refractivity contribution in [1.82, 2.24) is 9.13 Å². The molecule has 270 valence electrons. The van der Waals surface area contributed by atoms with E-state index in [2.05, 4.69) is 185 Å². The second-order valence-electron chi connectivity index (χ2n) is 15.3. The van der Waals surface area contributed by atoms with Crippen LogP contribution in [0.2, 0.25) is 0 Å². The maximum atomic E-state index is 6.37. The van der Waals surface area contributed by atoms with E-state index in [1.54, 1.807) is 0 Å². The third-order valence-electron chi connectivity index (χ3n) is 12.1. The van der Waals surface area contributed by atoms with Crippen LogP contribution in [0.15, 0.2) is 203 Å². The Balaban J connectivity index is 0.918. The summed E-state index contributed by atoms with van der Waals surface area (Å²) in [6.07, 6.45) is 0. The Hall–Kier alpha value is -7.82. The number of hydrogen-bond acceptors (Lipinski definition) is 2. The second kappa shape index (κ2) is 11.8. The highest BCUT2D eigenvalue weighted by Crippen LogP contribution is 2.40. The molecule has 58 heavy (non-hydrogen) atoms. The molecule has 9 aromatic carbocycles. The van der Waals surface area contributed by atoms with Gasteiger partial charge in [0.1, 0.15) is 22.3 Å². The van der Waals surface area contributed by atoms with Gasteiger partial charge in [-0.15, -0.1) is 0 Å². The molecule has 0 aliphatic rings. The molecular formula is C54H32N2O2. The van der Waals surface area contributed by atoms with Crippen molar-refractivity contribution in [1.29, 1.82) is 0 Å². The molecule has 0 N–H and O–H groups in total. The topological polar surface area (TPSA) is 36.1 Å². The van der Waals surface area contributed by atoms with Crippen molar-refractivity contribution < 1.29 is 8.83 Å². The predicted molar refractivity (Wildman–Crippen MR) is 241 cm³/mol. The van der Waals surface area contributed by atoms with Gasteiger partial charge in [0.25, 0.3) is 0 Å². The lowest BCUT2D eigenvalue weighted by Crippen LogP contribution is -1.94. The van der Waals surface area contributed by atoms with Crippen LogP contribution in [0.3, 0.4) is 0 Å². The summed E-state index contributed by atoms with van der Waals surface area (Å²) >= 11 is 0. The Morgan fingerprint density at radius 2 is 0.707 bits per heavy atom. The van der Waals surface area contributed by atoms with Gasteiger partial charge >= 0.3 is 0 Å². The van der Waals surface area contributed by atoms with E-state index in [1.807, 2.05) is 18.2 Å². The molecule has 13 rings (SSSR count). The van der Waals surface area contributed by atoms with Crippen LogP contribution in [0.5, 0.6) is 0 Å². The Labute approximate surface area is 332 Å². The van der Waals surface area contributed by atoms with Crippen molar-refractivity contribution in [3.63, 3.8) is 0 Å². The molecule has 4 heteroatoms. The summed E-state index contributed by atoms with van der Waals surface area (Å²) in [5, 5.41) is 9.29. The van der Waals surface area contributed by atoms with Crippen LogP contribution in [0.1, 0.15) is 0 Å². The molecule has 0 aliphatic carbocycles. The summed E-state index contributed by atoms with van der Waals surface area (Å²) in [6.45, 7) is 0. The summed E-state index contributed by atoms with van der Waals surface area (Å²) < 4.78 is 17.4. The molecule has 0 fully saturated rings. The first-order valence-corrected chi connectivity index (χ1v) is 19.7. The van der Waals surface area contributed by atoms with Gasteiger partial charge in [-0.3, -0.25) is 0 Å². The fourth-order valence-corrected chi connectivity index (χ4v) is 9.41. The van der Waals surface area contributed by atoms with Gasteiger partial charge < -0.3 is 18.0 Å². The molecule has 0 aliphatic heterocycles. The fourth-order valence-electron chi connectivity index (χ4n) is 9.41. The number of nitrogens with zero attached hydrogens (tertiary/aromatic N) is 2. The minimum Gasteiger partial charge on any atom is -0.456 e. The number of aromatic nitrogens is 2. The minimum atomic E-state index is 0.867. The van der Waals surface area contributed by atoms with E-state index in [0.29, 0.717) is 0 Å². The summed E-state index contributed by atoms with van der Waals surface area (Å²) in [7, 11) is 0. The van der Waals surface area contributed by atoms with Crippen LogP contribution in [-0.4, -0.2) is 9.13 Å². The molecule has 0 saturated carbocycles. The van der Waals surface area contributed by atoms with Crippen molar-refractivity contribution in [2.75, 3.05) is 0 Å². The van der Waals surface area contributed by atoms with Crippen LogP contribution in [0.4, 0.5) is 0 Å². The first-order valence-electron chi connectivity index (χ1n) is 19.7. The van der Waals surface area contributed by atoms with E-state index in [-0.39, 0.29) is 0 Å². The van der Waals surface area contributed by atoms with E-state index < -0.39 is 0 Å². The van der Waals surface area contributed by atoms with Crippen LogP contribution in [0, 0.1) is 0 Å². The van der Waals surface area contributed by atoms with Gasteiger partial charge in [0.2, 0.25) is 0 Å². The smallest absolute Gasteiger partial charge is 0.136 e. The molecule has 4 nitrogen and oxygen atoms in total. The molecule has 4 heterocycles. The Morgan fingerprint density at radius 1 is 0.241 bits per heavy atom. The monoisotopic (exact) mass is 740 g/mol. The van der Waals surface area contributed by atoms with Crippen LogP contribution >= 0.6 is 0 Å². The SMILES string of the molecule is c1ccc(-n2c3ccccc3c3cc(-c4ccc5c6ccccc6n(-c6ccc(-c7ccc8oc9cc%10c(cc9c8c7)oc7ccccc7%10)cc6)c5c4)ccc32)cc1. The van der Waals surface area contributed by atoms with Gasteiger partial charge in [0.05, 0.1) is 22.1 Å². The van der Waals surface area contributed by atoms with Gasteiger partial charge in [0.15, 0.2) is 0 Å². The van der Waals surface area contributed by atoms with Gasteiger partial charge in [0, 0.05) is 54.5 Å². The van der Waals surface area contributed by atoms with Gasteiger partial charge in [-0.2, -0.15) is 0 Å². The van der Waals surface area contributed by atoms with E-state index >= 15 is 0 Å². The lowest BCUT2D eigenvalue weighted by molar-refractivity contribution is 0.664. The minimum absolute atomic E-state index is 0.867. The third kappa shape index (κ3) is 4.51. The molecule has 0 spiro atoms. The van der Waals surface area contributed by atoms with E-state index in [9.17, 15) is 0 Å². The first kappa shape index (κ1) is 31.4. The summed E-state index contributed by atoms with van der Waals surface area (Å²) in [6, 6.07) is 69.8. The van der Waals surface area contributed by atoms with Crippen LogP contribution in [0.25, 0.3) is 121 Å². The highest BCUT2D eigenvalue weighted by molar-refractivity contribution is 6.16. The second-order valence-corrected chi connectivity index (χ2v) is 15.3. The van der Waals surface area contributed by atoms with Crippen molar-refractivity contribution in [3.8, 4) is 33.6 Å². The van der Waals surface area contributed by atoms with Crippen molar-refractivity contribution in [2.45, 2.75) is 0 Å². The standard InChI is InChI=1S/C54H32N2O2/c1-2-10-37(11-3-1)55-48-16-8-5-13-40(48)43-28-35(21-26-49(43)55)36-20-25-41-39-12-4-7-15-47(39)56(50(41)30-36)38-23-18-33(19-24-38)34-22-27-52-44(29-34)46-32-53-45(31-54(46)58-52)42-14-6-9-17-51(42)57-53/h1-32H. The zero-order valence-electron chi connectivity index (χ0n) is 31.2. The van der Waals surface area contributed by atoms with Crippen LogP contribution in [-0.2, 0) is 0 Å².